The SMILES string of the molecule is CC(=O)OCC(=O)NCC(CNC(=O)COC(C)=O)(P(=O)(O)O)P(=O)(O)O. The Hall–Kier alpha value is -1.82. The minimum Gasteiger partial charge on any atom is -0.456 e. The second-order valence-electron chi connectivity index (χ2n) is 5.18. The summed E-state index contributed by atoms with van der Waals surface area (Å²) < 4.78 is 32.2. The summed E-state index contributed by atoms with van der Waals surface area (Å²) in [5.74, 6) is -3.86. The van der Waals surface area contributed by atoms with Gasteiger partial charge in [-0.25, -0.2) is 0 Å². The third-order valence-electron chi connectivity index (χ3n) is 3.03. The van der Waals surface area contributed by atoms with Crippen molar-refractivity contribution in [3.05, 3.63) is 0 Å². The van der Waals surface area contributed by atoms with Crippen LogP contribution >= 0.6 is 15.2 Å². The van der Waals surface area contributed by atoms with Crippen LogP contribution < -0.4 is 10.6 Å². The molecule has 0 bridgehead atoms. The third kappa shape index (κ3) is 8.16. The molecule has 6 N–H and O–H groups in total. The topological polar surface area (TPSA) is 226 Å². The Balaban J connectivity index is 5.38. The number of hydrogen-bond donors (Lipinski definition) is 6. The standard InChI is InChI=1S/C11H20N2O12P2/c1-7(14)24-3-9(16)12-5-11(26(18,19)20,27(21,22)23)6-13-10(17)4-25-8(2)15/h3-6H2,1-2H3,(H,12,16)(H,13,17)(H2,18,19,20)(H2,21,22,23). The fraction of sp³-hybridized carbons (Fsp3) is 0.636. The Morgan fingerprint density at radius 3 is 1.30 bits per heavy atom. The molecule has 2 amide bonds. The highest BCUT2D eigenvalue weighted by Gasteiger charge is 2.60. The lowest BCUT2D eigenvalue weighted by atomic mass is 10.3. The predicted molar refractivity (Wildman–Crippen MR) is 86.1 cm³/mol. The Bertz CT molecular complexity index is 623. The molecular weight excluding hydrogens is 414 g/mol. The summed E-state index contributed by atoms with van der Waals surface area (Å²) in [5.41, 5.74) is 0. The maximum atomic E-state index is 11.8. The number of nitrogens with one attached hydrogen (secondary N) is 2. The predicted octanol–water partition coefficient (Wildman–Crippen LogP) is -2.60. The molecule has 0 radical (unpaired) electrons. The van der Waals surface area contributed by atoms with Crippen molar-refractivity contribution in [2.45, 2.75) is 18.7 Å². The molecule has 16 heteroatoms. The van der Waals surface area contributed by atoms with Crippen LogP contribution in [0.1, 0.15) is 13.8 Å². The first-order valence-corrected chi connectivity index (χ1v) is 10.3. The van der Waals surface area contributed by atoms with Gasteiger partial charge in [0, 0.05) is 26.9 Å². The first-order chi connectivity index (χ1) is 12.1. The number of carbonyl (C=O) groups is 4. The highest BCUT2D eigenvalue weighted by molar-refractivity contribution is 7.72. The lowest BCUT2D eigenvalue weighted by molar-refractivity contribution is -0.146. The van der Waals surface area contributed by atoms with Crippen molar-refractivity contribution in [3.63, 3.8) is 0 Å². The second kappa shape index (κ2) is 9.93. The van der Waals surface area contributed by atoms with Crippen molar-refractivity contribution in [2.24, 2.45) is 0 Å². The van der Waals surface area contributed by atoms with Crippen molar-refractivity contribution in [1.82, 2.24) is 10.6 Å². The molecule has 0 saturated carbocycles. The molecule has 0 fully saturated rings. The summed E-state index contributed by atoms with van der Waals surface area (Å²) in [6.07, 6.45) is 0. The molecule has 0 atom stereocenters. The van der Waals surface area contributed by atoms with Crippen molar-refractivity contribution in [3.8, 4) is 0 Å². The molecule has 156 valence electrons. The van der Waals surface area contributed by atoms with Crippen LogP contribution in [0.4, 0.5) is 0 Å². The van der Waals surface area contributed by atoms with Gasteiger partial charge in [-0.3, -0.25) is 28.3 Å². The van der Waals surface area contributed by atoms with Crippen LogP contribution in [0.2, 0.25) is 0 Å². The zero-order chi connectivity index (χ0) is 21.5. The van der Waals surface area contributed by atoms with E-state index in [-0.39, 0.29) is 0 Å². The Morgan fingerprint density at radius 2 is 1.07 bits per heavy atom. The molecule has 0 spiro atoms. The summed E-state index contributed by atoms with van der Waals surface area (Å²) in [6, 6.07) is 0. The lowest BCUT2D eigenvalue weighted by Gasteiger charge is -2.34. The highest BCUT2D eigenvalue weighted by atomic mass is 31.2. The number of rotatable bonds is 10. The molecule has 27 heavy (non-hydrogen) atoms. The van der Waals surface area contributed by atoms with Crippen LogP contribution in [0.25, 0.3) is 0 Å². The van der Waals surface area contributed by atoms with Crippen LogP contribution in [0.5, 0.6) is 0 Å². The summed E-state index contributed by atoms with van der Waals surface area (Å²) >= 11 is 0. The van der Waals surface area contributed by atoms with E-state index in [9.17, 15) is 47.9 Å². The van der Waals surface area contributed by atoms with Crippen molar-refractivity contribution < 1.29 is 57.4 Å². The van der Waals surface area contributed by atoms with E-state index in [1.54, 1.807) is 0 Å². The van der Waals surface area contributed by atoms with E-state index in [0.717, 1.165) is 13.8 Å². The van der Waals surface area contributed by atoms with E-state index in [1.807, 2.05) is 10.6 Å². The van der Waals surface area contributed by atoms with Crippen molar-refractivity contribution >= 4 is 38.9 Å². The first kappa shape index (κ1) is 25.2. The van der Waals surface area contributed by atoms with Gasteiger partial charge in [0.1, 0.15) is 0 Å². The van der Waals surface area contributed by atoms with Crippen LogP contribution in [-0.2, 0) is 37.8 Å². The number of ether oxygens (including phenoxy) is 2. The summed E-state index contributed by atoms with van der Waals surface area (Å²) in [5, 5.41) is 3.66. The minimum absolute atomic E-state index is 0.834. The van der Waals surface area contributed by atoms with Crippen LogP contribution in [0.3, 0.4) is 0 Å². The number of esters is 2. The smallest absolute Gasteiger partial charge is 0.347 e. The minimum atomic E-state index is -5.62. The highest BCUT2D eigenvalue weighted by Crippen LogP contribution is 2.68. The van der Waals surface area contributed by atoms with E-state index in [2.05, 4.69) is 9.47 Å². The van der Waals surface area contributed by atoms with Gasteiger partial charge in [0.25, 0.3) is 11.8 Å². The van der Waals surface area contributed by atoms with E-state index >= 15 is 0 Å². The van der Waals surface area contributed by atoms with Crippen molar-refractivity contribution in [1.29, 1.82) is 0 Å². The van der Waals surface area contributed by atoms with E-state index in [4.69, 9.17) is 0 Å². The largest absolute Gasteiger partial charge is 0.456 e. The van der Waals surface area contributed by atoms with Crippen molar-refractivity contribution in [2.75, 3.05) is 26.3 Å². The zero-order valence-corrected chi connectivity index (χ0v) is 16.1. The fourth-order valence-electron chi connectivity index (χ4n) is 1.56. The Kier molecular flexibility index (Phi) is 9.26. The van der Waals surface area contributed by atoms with Crippen LogP contribution in [0, 0.1) is 0 Å². The maximum Gasteiger partial charge on any atom is 0.347 e. The molecule has 0 saturated heterocycles. The number of hydrogen-bond acceptors (Lipinski definition) is 8. The maximum absolute atomic E-state index is 11.8. The summed E-state index contributed by atoms with van der Waals surface area (Å²) in [7, 11) is -11.2. The van der Waals surface area contributed by atoms with Gasteiger partial charge >= 0.3 is 27.1 Å². The summed E-state index contributed by atoms with van der Waals surface area (Å²) in [6.45, 7) is -2.24. The lowest BCUT2D eigenvalue weighted by Crippen LogP contribution is -2.51. The number of carbonyl (C=O) groups excluding carboxylic acids is 4. The average Bonchev–Trinajstić information content (AvgIpc) is 2.48. The molecule has 0 aliphatic heterocycles. The molecular formula is C11H20N2O12P2. The molecule has 0 aromatic heterocycles. The molecule has 0 unspecified atom stereocenters. The monoisotopic (exact) mass is 434 g/mol. The Labute approximate surface area is 152 Å². The van der Waals surface area contributed by atoms with Gasteiger partial charge in [-0.1, -0.05) is 0 Å². The molecule has 0 rings (SSSR count). The zero-order valence-electron chi connectivity index (χ0n) is 14.3. The van der Waals surface area contributed by atoms with E-state index in [0.29, 0.717) is 0 Å². The normalized spacial score (nSPS) is 12.1. The Morgan fingerprint density at radius 1 is 0.778 bits per heavy atom. The molecule has 0 aliphatic rings. The van der Waals surface area contributed by atoms with E-state index in [1.165, 1.54) is 0 Å². The van der Waals surface area contributed by atoms with Crippen LogP contribution in [0.15, 0.2) is 0 Å². The van der Waals surface area contributed by atoms with Gasteiger partial charge < -0.3 is 39.7 Å². The molecule has 0 heterocycles. The van der Waals surface area contributed by atoms with E-state index < -0.39 is 70.1 Å². The molecule has 0 aromatic carbocycles. The average molecular weight is 434 g/mol. The molecule has 0 aromatic rings. The van der Waals surface area contributed by atoms with Gasteiger partial charge in [0.05, 0.1) is 0 Å². The van der Waals surface area contributed by atoms with Gasteiger partial charge in [-0.2, -0.15) is 0 Å². The molecule has 0 aliphatic carbocycles. The number of amides is 2. The van der Waals surface area contributed by atoms with Gasteiger partial charge in [0.2, 0.25) is 4.90 Å². The fourth-order valence-corrected chi connectivity index (χ4v) is 4.06. The summed E-state index contributed by atoms with van der Waals surface area (Å²) in [4.78, 5) is 79.0. The molecule has 14 nitrogen and oxygen atoms in total. The van der Waals surface area contributed by atoms with Gasteiger partial charge in [-0.15, -0.1) is 0 Å². The second-order valence-corrected chi connectivity index (χ2v) is 9.43. The van der Waals surface area contributed by atoms with Crippen LogP contribution in [-0.4, -0.2) is 74.5 Å². The van der Waals surface area contributed by atoms with Gasteiger partial charge in [-0.05, 0) is 0 Å². The van der Waals surface area contributed by atoms with Gasteiger partial charge in [0.15, 0.2) is 13.2 Å². The third-order valence-corrected chi connectivity index (χ3v) is 7.40. The first-order valence-electron chi connectivity index (χ1n) is 7.04. The quantitative estimate of drug-likeness (QED) is 0.154.